The fraction of sp³-hybridized carbons (Fsp3) is 0.190. The van der Waals surface area contributed by atoms with Crippen molar-refractivity contribution in [3.63, 3.8) is 0 Å². The zero-order valence-electron chi connectivity index (χ0n) is 30.1. The predicted molar refractivity (Wildman–Crippen MR) is 207 cm³/mol. The maximum Gasteiger partial charge on any atom is 0.407 e. The van der Waals surface area contributed by atoms with Crippen molar-refractivity contribution in [1.82, 2.24) is 40.9 Å². The highest BCUT2D eigenvalue weighted by Gasteiger charge is 2.26. The molecule has 0 fully saturated rings. The van der Waals surface area contributed by atoms with Crippen LogP contribution in [0.5, 0.6) is 0 Å². The van der Waals surface area contributed by atoms with E-state index < -0.39 is 24.1 Å². The van der Waals surface area contributed by atoms with Crippen LogP contribution in [-0.2, 0) is 20.7 Å². The molecule has 12 nitrogen and oxygen atoms in total. The van der Waals surface area contributed by atoms with Crippen LogP contribution in [0.2, 0.25) is 0 Å². The van der Waals surface area contributed by atoms with Gasteiger partial charge in [-0.2, -0.15) is 0 Å². The second-order valence-electron chi connectivity index (χ2n) is 12.8. The second-order valence-corrected chi connectivity index (χ2v) is 12.8. The van der Waals surface area contributed by atoms with Crippen LogP contribution in [-0.4, -0.2) is 49.9 Å². The van der Waals surface area contributed by atoms with Crippen molar-refractivity contribution in [2.75, 3.05) is 7.11 Å². The molecule has 0 aliphatic heterocycles. The largest absolute Gasteiger partial charge is 0.453 e. The summed E-state index contributed by atoms with van der Waals surface area (Å²) in [7, 11) is 1.24. The number of aromatic nitrogens is 5. The number of ether oxygens (including phenoxy) is 1. The van der Waals surface area contributed by atoms with Crippen LogP contribution in [0, 0.1) is 0 Å². The predicted octanol–water partition coefficient (Wildman–Crippen LogP) is 6.74. The molecule has 1 aliphatic carbocycles. The maximum absolute atomic E-state index is 13.4. The van der Waals surface area contributed by atoms with Gasteiger partial charge in [-0.3, -0.25) is 14.6 Å². The van der Waals surface area contributed by atoms with Crippen molar-refractivity contribution in [2.45, 2.75) is 43.8 Å². The number of allylic oxidation sites excluding steroid dienone is 5. The highest BCUT2D eigenvalue weighted by atomic mass is 16.5. The van der Waals surface area contributed by atoms with Gasteiger partial charge in [0.1, 0.15) is 23.7 Å². The first-order valence-corrected chi connectivity index (χ1v) is 17.5. The summed E-state index contributed by atoms with van der Waals surface area (Å²) in [5.41, 5.74) is 6.71. The average Bonchev–Trinajstić information content (AvgIpc) is 3.85. The minimum atomic E-state index is -0.989. The van der Waals surface area contributed by atoms with Gasteiger partial charge in [0.2, 0.25) is 11.8 Å². The number of nitrogens with zero attached hydrogens (tertiary/aromatic N) is 3. The molecule has 1 aliphatic rings. The van der Waals surface area contributed by atoms with E-state index in [1.165, 1.54) is 7.11 Å². The summed E-state index contributed by atoms with van der Waals surface area (Å²) in [4.78, 5) is 58.5. The Labute approximate surface area is 313 Å². The number of aromatic amines is 2. The minimum Gasteiger partial charge on any atom is -0.453 e. The van der Waals surface area contributed by atoms with Gasteiger partial charge in [-0.15, -0.1) is 6.58 Å². The van der Waals surface area contributed by atoms with E-state index in [9.17, 15) is 14.4 Å². The van der Waals surface area contributed by atoms with E-state index in [0.717, 1.165) is 33.7 Å². The molecular weight excluding hydrogens is 681 g/mol. The lowest BCUT2D eigenvalue weighted by molar-refractivity contribution is -0.124. The van der Waals surface area contributed by atoms with Crippen molar-refractivity contribution >= 4 is 23.5 Å². The van der Waals surface area contributed by atoms with Crippen LogP contribution < -0.4 is 16.0 Å². The van der Waals surface area contributed by atoms with Crippen LogP contribution in [0.15, 0.2) is 134 Å². The van der Waals surface area contributed by atoms with Gasteiger partial charge in [-0.25, -0.2) is 14.8 Å². The number of pyridine rings is 1. The van der Waals surface area contributed by atoms with Crippen molar-refractivity contribution in [3.05, 3.63) is 169 Å². The number of rotatable bonds is 13. The van der Waals surface area contributed by atoms with Gasteiger partial charge >= 0.3 is 6.09 Å². The van der Waals surface area contributed by atoms with E-state index in [2.05, 4.69) is 61.2 Å². The zero-order chi connectivity index (χ0) is 38.0. The molecule has 3 aromatic heterocycles. The lowest BCUT2D eigenvalue weighted by atomic mass is 9.94. The molecule has 5 aromatic rings. The lowest BCUT2D eigenvalue weighted by Gasteiger charge is -2.20. The monoisotopic (exact) mass is 722 g/mol. The molecule has 0 spiro atoms. The minimum absolute atomic E-state index is 0.0700. The van der Waals surface area contributed by atoms with Gasteiger partial charge in [0, 0.05) is 17.7 Å². The summed E-state index contributed by atoms with van der Waals surface area (Å²) < 4.78 is 4.73. The second kappa shape index (κ2) is 17.1. The molecular formula is C42H42N8O4. The Morgan fingerprint density at radius 2 is 1.59 bits per heavy atom. The fourth-order valence-corrected chi connectivity index (χ4v) is 6.11. The summed E-state index contributed by atoms with van der Waals surface area (Å²) in [5.74, 6) is 0.500. The van der Waals surface area contributed by atoms with Gasteiger partial charge in [0.25, 0.3) is 0 Å². The van der Waals surface area contributed by atoms with Crippen molar-refractivity contribution in [1.29, 1.82) is 0 Å². The Morgan fingerprint density at radius 3 is 2.30 bits per heavy atom. The average molecular weight is 723 g/mol. The number of hydrogen-bond acceptors (Lipinski definition) is 7. The molecule has 4 atom stereocenters. The molecule has 2 unspecified atom stereocenters. The number of nitrogens with one attached hydrogen (secondary N) is 5. The van der Waals surface area contributed by atoms with Crippen LogP contribution in [0.1, 0.15) is 71.6 Å². The lowest BCUT2D eigenvalue weighted by Crippen LogP contribution is -2.41. The number of H-pyrrole nitrogens is 2. The van der Waals surface area contributed by atoms with E-state index in [1.807, 2.05) is 61.5 Å². The normalized spacial score (nSPS) is 15.6. The van der Waals surface area contributed by atoms with Crippen molar-refractivity contribution < 1.29 is 19.1 Å². The molecule has 0 saturated heterocycles. The highest BCUT2D eigenvalue weighted by molar-refractivity contribution is 5.87. The molecule has 12 heteroatoms. The van der Waals surface area contributed by atoms with E-state index in [-0.39, 0.29) is 17.9 Å². The molecule has 3 amide bonds. The number of benzene rings is 2. The van der Waals surface area contributed by atoms with Gasteiger partial charge in [0.05, 0.1) is 49.0 Å². The molecule has 3 heterocycles. The molecule has 5 N–H and O–H groups in total. The topological polar surface area (TPSA) is 167 Å². The molecule has 0 saturated carbocycles. The molecule has 0 radical (unpaired) electrons. The first-order chi connectivity index (χ1) is 26.2. The summed E-state index contributed by atoms with van der Waals surface area (Å²) >= 11 is 0. The summed E-state index contributed by atoms with van der Waals surface area (Å²) in [6.45, 7) is 10.1. The zero-order valence-corrected chi connectivity index (χ0v) is 30.1. The number of hydrogen-bond donors (Lipinski definition) is 5. The van der Waals surface area contributed by atoms with Crippen LogP contribution in [0.3, 0.4) is 0 Å². The standard InChI is InChI=1S/C42H42N8O4/c1-5-33(49-41(52)38(50-42(53)54-4)30-14-10-7-11-15-30)40-45-25-36(48-40)31-19-21-34(43-23-31)32-20-18-29(17-16-26(32)2)35-24-44-39(47-35)27(3)46-37(51)22-28-12-8-6-9-13-28/h5-15,17-21,23-25,27,32-33,38H,1-2,16,22H2,3-4H3,(H,44,47)(H,45,48)(H,46,51)(H,49,52)(H,50,53)/t27-,32?,33-,38?/m0/s1. The Kier molecular flexibility index (Phi) is 11.7. The van der Waals surface area contributed by atoms with E-state index in [0.29, 0.717) is 35.7 Å². The third kappa shape index (κ3) is 8.96. The van der Waals surface area contributed by atoms with Crippen molar-refractivity contribution in [2.24, 2.45) is 0 Å². The van der Waals surface area contributed by atoms with Crippen LogP contribution in [0.4, 0.5) is 4.79 Å². The van der Waals surface area contributed by atoms with Gasteiger partial charge in [0.15, 0.2) is 0 Å². The maximum atomic E-state index is 13.4. The highest BCUT2D eigenvalue weighted by Crippen LogP contribution is 2.33. The van der Waals surface area contributed by atoms with E-state index in [1.54, 1.807) is 48.9 Å². The summed E-state index contributed by atoms with van der Waals surface area (Å²) in [6.07, 6.45) is 13.2. The third-order valence-electron chi connectivity index (χ3n) is 9.08. The molecule has 0 bridgehead atoms. The van der Waals surface area contributed by atoms with Crippen LogP contribution >= 0.6 is 0 Å². The molecule has 54 heavy (non-hydrogen) atoms. The Hall–Kier alpha value is -6.82. The Morgan fingerprint density at radius 1 is 0.889 bits per heavy atom. The molecule has 6 rings (SSSR count). The number of imidazole rings is 2. The number of alkyl carbamates (subject to hydrolysis) is 1. The summed E-state index contributed by atoms with van der Waals surface area (Å²) in [5, 5.41) is 8.50. The van der Waals surface area contributed by atoms with Gasteiger partial charge < -0.3 is 30.7 Å². The molecule has 274 valence electrons. The number of methoxy groups -OCH3 is 1. The summed E-state index contributed by atoms with van der Waals surface area (Å²) in [6, 6.07) is 20.5. The van der Waals surface area contributed by atoms with E-state index in [4.69, 9.17) is 9.72 Å². The first kappa shape index (κ1) is 37.0. The SMILES string of the molecule is C=C[C@H](NC(=O)C(NC(=O)OC)c1ccccc1)c1ncc(-c2ccc(C3C=CC(c4cnc([C@H](C)NC(=O)Cc5ccccc5)[nH]4)=CCC3=C)nc2)[nH]1. The number of carbonyl (C=O) groups excluding carboxylic acids is 3. The molecule has 2 aromatic carbocycles. The number of amides is 3. The van der Waals surface area contributed by atoms with Gasteiger partial charge in [-0.1, -0.05) is 97.1 Å². The Balaban J connectivity index is 1.09. The third-order valence-corrected chi connectivity index (χ3v) is 9.08. The van der Waals surface area contributed by atoms with E-state index >= 15 is 0 Å². The van der Waals surface area contributed by atoms with Gasteiger partial charge in [-0.05, 0) is 42.2 Å². The first-order valence-electron chi connectivity index (χ1n) is 17.5. The Bertz CT molecular complexity index is 2170. The fourth-order valence-electron chi connectivity index (χ4n) is 6.11. The van der Waals surface area contributed by atoms with Crippen LogP contribution in [0.25, 0.3) is 16.8 Å². The number of carbonyl (C=O) groups is 3. The van der Waals surface area contributed by atoms with Crippen molar-refractivity contribution in [3.8, 4) is 11.3 Å². The smallest absolute Gasteiger partial charge is 0.407 e. The quantitative estimate of drug-likeness (QED) is 0.0840.